The summed E-state index contributed by atoms with van der Waals surface area (Å²) in [5.41, 5.74) is 3.61. The van der Waals surface area contributed by atoms with Crippen LogP contribution in [0.25, 0.3) is 0 Å². The topological polar surface area (TPSA) is 81.5 Å². The second-order valence-corrected chi connectivity index (χ2v) is 6.61. The Kier molecular flexibility index (Phi) is 6.41. The van der Waals surface area contributed by atoms with Crippen molar-refractivity contribution in [2.24, 2.45) is 0 Å². The second-order valence-electron chi connectivity index (χ2n) is 5.62. The van der Waals surface area contributed by atoms with Gasteiger partial charge in [0.2, 0.25) is 5.91 Å². The maximum atomic E-state index is 12.1. The first-order valence-corrected chi connectivity index (χ1v) is 8.82. The maximum Gasteiger partial charge on any atom is 0.311 e. The van der Waals surface area contributed by atoms with E-state index in [0.29, 0.717) is 5.75 Å². The summed E-state index contributed by atoms with van der Waals surface area (Å²) in [7, 11) is 1.40. The molecule has 0 heterocycles. The number of nitrogens with one attached hydrogen (secondary N) is 1. The van der Waals surface area contributed by atoms with Crippen LogP contribution >= 0.6 is 11.8 Å². The van der Waals surface area contributed by atoms with E-state index in [1.54, 1.807) is 12.1 Å². The van der Waals surface area contributed by atoms with Crippen LogP contribution in [0, 0.1) is 24.0 Å². The number of nitro benzene ring substituents is 1. The number of hydrogen-bond acceptors (Lipinski definition) is 5. The number of rotatable bonds is 7. The largest absolute Gasteiger partial charge is 0.490 e. The third kappa shape index (κ3) is 5.22. The van der Waals surface area contributed by atoms with Crippen molar-refractivity contribution in [1.82, 2.24) is 0 Å². The Morgan fingerprint density at radius 2 is 2.00 bits per heavy atom. The smallest absolute Gasteiger partial charge is 0.311 e. The van der Waals surface area contributed by atoms with Gasteiger partial charge in [-0.1, -0.05) is 18.2 Å². The fourth-order valence-electron chi connectivity index (χ4n) is 2.29. The molecule has 0 saturated heterocycles. The van der Waals surface area contributed by atoms with Crippen LogP contribution in [0.3, 0.4) is 0 Å². The average molecular weight is 360 g/mol. The molecule has 25 heavy (non-hydrogen) atoms. The third-order valence-electron chi connectivity index (χ3n) is 3.61. The van der Waals surface area contributed by atoms with E-state index in [9.17, 15) is 14.9 Å². The number of methoxy groups -OCH3 is 1. The van der Waals surface area contributed by atoms with Gasteiger partial charge < -0.3 is 10.1 Å². The summed E-state index contributed by atoms with van der Waals surface area (Å²) in [6.45, 7) is 3.92. The van der Waals surface area contributed by atoms with Gasteiger partial charge in [0.05, 0.1) is 17.8 Å². The van der Waals surface area contributed by atoms with E-state index in [1.165, 1.54) is 24.9 Å². The van der Waals surface area contributed by atoms with Gasteiger partial charge in [-0.25, -0.2) is 0 Å². The molecule has 0 aliphatic carbocycles. The highest BCUT2D eigenvalue weighted by Gasteiger charge is 2.15. The molecule has 7 heteroatoms. The van der Waals surface area contributed by atoms with Crippen molar-refractivity contribution < 1.29 is 14.5 Å². The summed E-state index contributed by atoms with van der Waals surface area (Å²) in [5, 5.41) is 13.9. The second kappa shape index (κ2) is 8.53. The Morgan fingerprint density at radius 1 is 1.24 bits per heavy atom. The molecule has 0 fully saturated rings. The van der Waals surface area contributed by atoms with Gasteiger partial charge in [-0.15, -0.1) is 11.8 Å². The molecule has 0 aliphatic rings. The van der Waals surface area contributed by atoms with Crippen LogP contribution < -0.4 is 10.1 Å². The Hall–Kier alpha value is -2.54. The summed E-state index contributed by atoms with van der Waals surface area (Å²) in [6.07, 6.45) is 0. The van der Waals surface area contributed by atoms with E-state index in [2.05, 4.69) is 5.32 Å². The fourth-order valence-corrected chi connectivity index (χ4v) is 3.06. The van der Waals surface area contributed by atoms with Crippen molar-refractivity contribution in [1.29, 1.82) is 0 Å². The molecule has 0 saturated carbocycles. The zero-order valence-electron chi connectivity index (χ0n) is 14.4. The maximum absolute atomic E-state index is 12.1. The standard InChI is InChI=1S/C18H20N2O4S/c1-12-4-5-13(2)15(8-12)19-18(21)11-25-10-14-6-7-17(24-3)16(9-14)20(22)23/h4-9H,10-11H2,1-3H3,(H,19,21). The molecule has 0 unspecified atom stereocenters. The van der Waals surface area contributed by atoms with Crippen molar-refractivity contribution in [2.45, 2.75) is 19.6 Å². The SMILES string of the molecule is COc1ccc(CSCC(=O)Nc2cc(C)ccc2C)cc1[N+](=O)[O-]. The molecule has 0 spiro atoms. The van der Waals surface area contributed by atoms with Gasteiger partial charge in [0, 0.05) is 17.5 Å². The lowest BCUT2D eigenvalue weighted by molar-refractivity contribution is -0.385. The minimum Gasteiger partial charge on any atom is -0.490 e. The molecule has 2 aromatic rings. The molecule has 1 N–H and O–H groups in total. The minimum absolute atomic E-state index is 0.0690. The van der Waals surface area contributed by atoms with Crippen LogP contribution in [0.4, 0.5) is 11.4 Å². The van der Waals surface area contributed by atoms with Crippen LogP contribution in [0.1, 0.15) is 16.7 Å². The quantitative estimate of drug-likeness (QED) is 0.594. The van der Waals surface area contributed by atoms with Gasteiger partial charge in [-0.05, 0) is 42.7 Å². The van der Waals surface area contributed by atoms with Gasteiger partial charge in [-0.2, -0.15) is 0 Å². The van der Waals surface area contributed by atoms with Crippen LogP contribution in [-0.2, 0) is 10.5 Å². The third-order valence-corrected chi connectivity index (χ3v) is 4.61. The van der Waals surface area contributed by atoms with Gasteiger partial charge >= 0.3 is 5.69 Å². The molecule has 2 rings (SSSR count). The number of ether oxygens (including phenoxy) is 1. The highest BCUT2D eigenvalue weighted by atomic mass is 32.2. The van der Waals surface area contributed by atoms with Crippen LogP contribution in [0.2, 0.25) is 0 Å². The molecule has 6 nitrogen and oxygen atoms in total. The highest BCUT2D eigenvalue weighted by molar-refractivity contribution is 7.99. The molecule has 0 aromatic heterocycles. The van der Waals surface area contributed by atoms with Crippen LogP contribution in [-0.4, -0.2) is 23.7 Å². The first-order chi connectivity index (χ1) is 11.9. The number of carbonyl (C=O) groups is 1. The fraction of sp³-hybridized carbons (Fsp3) is 0.278. The van der Waals surface area contributed by atoms with E-state index < -0.39 is 4.92 Å². The molecule has 0 aliphatic heterocycles. The monoisotopic (exact) mass is 360 g/mol. The normalized spacial score (nSPS) is 10.4. The zero-order valence-corrected chi connectivity index (χ0v) is 15.2. The van der Waals surface area contributed by atoms with E-state index in [1.807, 2.05) is 32.0 Å². The van der Waals surface area contributed by atoms with Crippen molar-refractivity contribution in [2.75, 3.05) is 18.2 Å². The molecule has 0 bridgehead atoms. The van der Waals surface area contributed by atoms with Gasteiger partial charge in [0.15, 0.2) is 5.75 Å². The molecule has 0 radical (unpaired) electrons. The number of anilines is 1. The predicted octanol–water partition coefficient (Wildman–Crippen LogP) is 4.09. The van der Waals surface area contributed by atoms with Crippen molar-refractivity contribution in [3.8, 4) is 5.75 Å². The summed E-state index contributed by atoms with van der Waals surface area (Å²) in [6, 6.07) is 10.7. The van der Waals surface area contributed by atoms with E-state index in [4.69, 9.17) is 4.74 Å². The van der Waals surface area contributed by atoms with E-state index in [0.717, 1.165) is 22.4 Å². The molecular formula is C18H20N2O4S. The van der Waals surface area contributed by atoms with Gasteiger partial charge in [0.25, 0.3) is 0 Å². The summed E-state index contributed by atoms with van der Waals surface area (Å²) >= 11 is 1.40. The van der Waals surface area contributed by atoms with Crippen LogP contribution in [0.5, 0.6) is 5.75 Å². The number of carbonyl (C=O) groups excluding carboxylic acids is 1. The van der Waals surface area contributed by atoms with Gasteiger partial charge in [0.1, 0.15) is 0 Å². The average Bonchev–Trinajstić information content (AvgIpc) is 2.58. The number of thioether (sulfide) groups is 1. The van der Waals surface area contributed by atoms with E-state index >= 15 is 0 Å². The van der Waals surface area contributed by atoms with Crippen LogP contribution in [0.15, 0.2) is 36.4 Å². The summed E-state index contributed by atoms with van der Waals surface area (Å²) in [4.78, 5) is 22.6. The van der Waals surface area contributed by atoms with Crippen molar-refractivity contribution in [3.63, 3.8) is 0 Å². The van der Waals surface area contributed by atoms with Crippen molar-refractivity contribution >= 4 is 29.0 Å². The molecule has 2 aromatic carbocycles. The predicted molar refractivity (Wildman–Crippen MR) is 100 cm³/mol. The Morgan fingerprint density at radius 3 is 2.68 bits per heavy atom. The number of aryl methyl sites for hydroxylation is 2. The first-order valence-electron chi connectivity index (χ1n) is 7.67. The number of nitro groups is 1. The van der Waals surface area contributed by atoms with Crippen molar-refractivity contribution in [3.05, 3.63) is 63.2 Å². The first kappa shape index (κ1) is 18.8. The molecule has 132 valence electrons. The summed E-state index contributed by atoms with van der Waals surface area (Å²) in [5.74, 6) is 0.909. The number of benzene rings is 2. The number of nitrogens with zero attached hydrogens (tertiary/aromatic N) is 1. The lowest BCUT2D eigenvalue weighted by atomic mass is 10.1. The molecule has 0 atom stereocenters. The Bertz CT molecular complexity index is 793. The van der Waals surface area contributed by atoms with Gasteiger partial charge in [-0.3, -0.25) is 14.9 Å². The minimum atomic E-state index is -0.472. The summed E-state index contributed by atoms with van der Waals surface area (Å²) < 4.78 is 4.98. The highest BCUT2D eigenvalue weighted by Crippen LogP contribution is 2.29. The van der Waals surface area contributed by atoms with E-state index in [-0.39, 0.29) is 23.1 Å². The Labute approximate surface area is 150 Å². The lowest BCUT2D eigenvalue weighted by Crippen LogP contribution is -2.15. The lowest BCUT2D eigenvalue weighted by Gasteiger charge is -2.09. The number of amides is 1. The zero-order chi connectivity index (χ0) is 18.4. The number of hydrogen-bond donors (Lipinski definition) is 1. The molecular weight excluding hydrogens is 340 g/mol. The Balaban J connectivity index is 1.92. The molecule has 1 amide bonds.